The van der Waals surface area contributed by atoms with Crippen molar-refractivity contribution in [3.05, 3.63) is 46.6 Å². The third-order valence-electron chi connectivity index (χ3n) is 1.80. The molecule has 1 aromatic rings. The van der Waals surface area contributed by atoms with E-state index in [4.69, 9.17) is 11.6 Å². The normalized spacial score (nSPS) is 14.9. The van der Waals surface area contributed by atoms with E-state index in [1.807, 2.05) is 37.3 Å². The van der Waals surface area contributed by atoms with Crippen molar-refractivity contribution in [1.29, 1.82) is 0 Å². The first kappa shape index (κ1) is 8.32. The Kier molecular flexibility index (Phi) is 2.07. The predicted molar refractivity (Wildman–Crippen MR) is 53.9 cm³/mol. The zero-order chi connectivity index (χ0) is 9.26. The summed E-state index contributed by atoms with van der Waals surface area (Å²) in [5.41, 5.74) is 6.81. The highest BCUT2D eigenvalue weighted by Crippen LogP contribution is 2.13. The molecule has 0 saturated heterocycles. The first-order chi connectivity index (χ1) is 6.25. The van der Waals surface area contributed by atoms with Crippen molar-refractivity contribution < 1.29 is 0 Å². The van der Waals surface area contributed by atoms with E-state index in [1.165, 1.54) is 0 Å². The first-order valence-corrected chi connectivity index (χ1v) is 4.36. The second-order valence-corrected chi connectivity index (χ2v) is 3.31. The van der Waals surface area contributed by atoms with Crippen molar-refractivity contribution in [2.45, 2.75) is 6.92 Å². The molecule has 0 amide bonds. The number of hydrogen-bond donors (Lipinski definition) is 0. The second kappa shape index (κ2) is 3.23. The van der Waals surface area contributed by atoms with Gasteiger partial charge in [-0.05, 0) is 25.1 Å². The van der Waals surface area contributed by atoms with Gasteiger partial charge in [-0.1, -0.05) is 23.7 Å². The number of nitrogens with zero attached hydrogens (tertiary/aromatic N) is 2. The molecule has 2 nitrogen and oxygen atoms in total. The SMILES string of the molecule is CC1=CC(c2ccc(Cl)cc2)=N[N]1. The average molecular weight is 192 g/mol. The van der Waals surface area contributed by atoms with Gasteiger partial charge in [-0.25, -0.2) is 0 Å². The molecule has 2 rings (SSSR count). The van der Waals surface area contributed by atoms with E-state index in [9.17, 15) is 0 Å². The molecule has 0 fully saturated rings. The molecule has 1 radical (unpaired) electrons. The smallest absolute Gasteiger partial charge is 0.0947 e. The van der Waals surface area contributed by atoms with Gasteiger partial charge >= 0.3 is 0 Å². The summed E-state index contributed by atoms with van der Waals surface area (Å²) in [5.74, 6) is 0. The minimum Gasteiger partial charge on any atom is -0.155 e. The summed E-state index contributed by atoms with van der Waals surface area (Å²) in [4.78, 5) is 0. The molecule has 0 unspecified atom stereocenters. The van der Waals surface area contributed by atoms with Gasteiger partial charge in [-0.15, -0.1) is 0 Å². The summed E-state index contributed by atoms with van der Waals surface area (Å²) in [7, 11) is 0. The maximum atomic E-state index is 5.77. The summed E-state index contributed by atoms with van der Waals surface area (Å²) in [6.07, 6.45) is 1.95. The Bertz CT molecular complexity index is 376. The fraction of sp³-hybridized carbons (Fsp3) is 0.100. The summed E-state index contributed by atoms with van der Waals surface area (Å²) in [6, 6.07) is 7.57. The summed E-state index contributed by atoms with van der Waals surface area (Å²) >= 11 is 5.77. The maximum Gasteiger partial charge on any atom is 0.0947 e. The lowest BCUT2D eigenvalue weighted by molar-refractivity contribution is 0.895. The molecule has 13 heavy (non-hydrogen) atoms. The van der Waals surface area contributed by atoms with Gasteiger partial charge in [0.25, 0.3) is 0 Å². The van der Waals surface area contributed by atoms with Crippen LogP contribution in [0.3, 0.4) is 0 Å². The van der Waals surface area contributed by atoms with Crippen LogP contribution in [0.5, 0.6) is 0 Å². The van der Waals surface area contributed by atoms with Crippen molar-refractivity contribution in [2.24, 2.45) is 5.10 Å². The van der Waals surface area contributed by atoms with E-state index >= 15 is 0 Å². The predicted octanol–water partition coefficient (Wildman–Crippen LogP) is 2.57. The van der Waals surface area contributed by atoms with Crippen LogP contribution < -0.4 is 5.43 Å². The quantitative estimate of drug-likeness (QED) is 0.653. The fourth-order valence-electron chi connectivity index (χ4n) is 1.15. The highest BCUT2D eigenvalue weighted by Gasteiger charge is 2.07. The zero-order valence-corrected chi connectivity index (χ0v) is 7.92. The van der Waals surface area contributed by atoms with E-state index in [1.54, 1.807) is 0 Å². The molecule has 1 aliphatic rings. The van der Waals surface area contributed by atoms with Gasteiger partial charge in [0, 0.05) is 10.6 Å². The Morgan fingerprint density at radius 2 is 1.85 bits per heavy atom. The first-order valence-electron chi connectivity index (χ1n) is 3.98. The highest BCUT2D eigenvalue weighted by molar-refractivity contribution is 6.30. The van der Waals surface area contributed by atoms with Gasteiger partial charge in [0.2, 0.25) is 0 Å². The minimum atomic E-state index is 0.736. The Hall–Kier alpha value is -1.28. The molecule has 1 heterocycles. The molecule has 0 spiro atoms. The van der Waals surface area contributed by atoms with Crippen LogP contribution in [-0.4, -0.2) is 5.71 Å². The van der Waals surface area contributed by atoms with Gasteiger partial charge in [0.1, 0.15) is 0 Å². The van der Waals surface area contributed by atoms with E-state index < -0.39 is 0 Å². The zero-order valence-electron chi connectivity index (χ0n) is 7.16. The van der Waals surface area contributed by atoms with Gasteiger partial charge in [-0.3, -0.25) is 0 Å². The molecule has 0 N–H and O–H groups in total. The Morgan fingerprint density at radius 1 is 1.15 bits per heavy atom. The number of allylic oxidation sites excluding steroid dienone is 2. The molecule has 0 atom stereocenters. The van der Waals surface area contributed by atoms with Crippen molar-refractivity contribution in [3.8, 4) is 0 Å². The van der Waals surface area contributed by atoms with E-state index in [0.717, 1.165) is 22.0 Å². The van der Waals surface area contributed by atoms with Gasteiger partial charge in [0.05, 0.1) is 11.4 Å². The molecule has 0 saturated carbocycles. The standard InChI is InChI=1S/C10H8ClN2/c1-7-6-10(13-12-7)8-2-4-9(11)5-3-8/h2-6H,1H3. The fourth-order valence-corrected chi connectivity index (χ4v) is 1.28. The Balaban J connectivity index is 2.32. The number of hydrogen-bond acceptors (Lipinski definition) is 1. The topological polar surface area (TPSA) is 26.5 Å². The largest absolute Gasteiger partial charge is 0.155 e. The summed E-state index contributed by atoms with van der Waals surface area (Å²) in [6.45, 7) is 1.92. The van der Waals surface area contributed by atoms with Crippen LogP contribution in [0, 0.1) is 0 Å². The van der Waals surface area contributed by atoms with Crippen LogP contribution >= 0.6 is 11.6 Å². The lowest BCUT2D eigenvalue weighted by Crippen LogP contribution is -1.93. The van der Waals surface area contributed by atoms with Crippen LogP contribution in [-0.2, 0) is 0 Å². The van der Waals surface area contributed by atoms with E-state index in [-0.39, 0.29) is 0 Å². The van der Waals surface area contributed by atoms with Crippen LogP contribution in [0.25, 0.3) is 0 Å². The third kappa shape index (κ3) is 1.73. The lowest BCUT2D eigenvalue weighted by atomic mass is 10.1. The lowest BCUT2D eigenvalue weighted by Gasteiger charge is -1.96. The summed E-state index contributed by atoms with van der Waals surface area (Å²) in [5, 5.41) is 4.76. The monoisotopic (exact) mass is 191 g/mol. The van der Waals surface area contributed by atoms with Crippen LogP contribution in [0.1, 0.15) is 12.5 Å². The maximum absolute atomic E-state index is 5.77. The van der Waals surface area contributed by atoms with Crippen molar-refractivity contribution in [1.82, 2.24) is 5.43 Å². The van der Waals surface area contributed by atoms with Gasteiger partial charge in [0.15, 0.2) is 0 Å². The van der Waals surface area contributed by atoms with Gasteiger partial charge in [-0.2, -0.15) is 10.5 Å². The molecule has 1 aliphatic heterocycles. The highest BCUT2D eigenvalue weighted by atomic mass is 35.5. The molecule has 1 aromatic carbocycles. The minimum absolute atomic E-state index is 0.736. The third-order valence-corrected chi connectivity index (χ3v) is 2.05. The second-order valence-electron chi connectivity index (χ2n) is 2.88. The summed E-state index contributed by atoms with van der Waals surface area (Å²) < 4.78 is 0. The van der Waals surface area contributed by atoms with Crippen molar-refractivity contribution >= 4 is 17.3 Å². The molecule has 0 bridgehead atoms. The molecular formula is C10H8ClN2. The molecule has 65 valence electrons. The molecule has 0 aliphatic carbocycles. The number of halogens is 1. The van der Waals surface area contributed by atoms with Gasteiger partial charge < -0.3 is 0 Å². The Morgan fingerprint density at radius 3 is 2.38 bits per heavy atom. The molecule has 3 heteroatoms. The van der Waals surface area contributed by atoms with Crippen LogP contribution in [0.4, 0.5) is 0 Å². The number of rotatable bonds is 1. The van der Waals surface area contributed by atoms with E-state index in [0.29, 0.717) is 0 Å². The van der Waals surface area contributed by atoms with Crippen LogP contribution in [0.15, 0.2) is 41.1 Å². The number of benzene rings is 1. The van der Waals surface area contributed by atoms with Crippen LogP contribution in [0.2, 0.25) is 5.02 Å². The average Bonchev–Trinajstić information content (AvgIpc) is 2.53. The van der Waals surface area contributed by atoms with Crippen molar-refractivity contribution in [3.63, 3.8) is 0 Å². The van der Waals surface area contributed by atoms with Crippen molar-refractivity contribution in [2.75, 3.05) is 0 Å². The Labute approximate surface area is 81.9 Å². The molecule has 0 aromatic heterocycles. The molecular weight excluding hydrogens is 184 g/mol. The van der Waals surface area contributed by atoms with E-state index in [2.05, 4.69) is 10.5 Å².